The molecule has 0 unspecified atom stereocenters. The third-order valence-corrected chi connectivity index (χ3v) is 3.84. The van der Waals surface area contributed by atoms with E-state index >= 15 is 0 Å². The number of benzene rings is 1. The first-order valence-corrected chi connectivity index (χ1v) is 7.43. The van der Waals surface area contributed by atoms with E-state index in [0.717, 1.165) is 31.6 Å². The largest absolute Gasteiger partial charge is 0.349 e. The van der Waals surface area contributed by atoms with E-state index in [4.69, 9.17) is 0 Å². The summed E-state index contributed by atoms with van der Waals surface area (Å²) in [6.07, 6.45) is 0.973. The highest BCUT2D eigenvalue weighted by molar-refractivity contribution is 5.79. The van der Waals surface area contributed by atoms with Crippen molar-refractivity contribution in [2.45, 2.75) is 33.2 Å². The summed E-state index contributed by atoms with van der Waals surface area (Å²) in [7, 11) is 0. The molecular formula is C17H25N2O. The van der Waals surface area contributed by atoms with Crippen molar-refractivity contribution in [3.8, 4) is 0 Å². The van der Waals surface area contributed by atoms with E-state index in [-0.39, 0.29) is 17.9 Å². The van der Waals surface area contributed by atoms with Crippen LogP contribution in [0, 0.1) is 11.8 Å². The maximum atomic E-state index is 12.3. The first-order valence-electron chi connectivity index (χ1n) is 7.43. The lowest BCUT2D eigenvalue weighted by Gasteiger charge is -2.19. The number of carbonyl (C=O) groups excluding carboxylic acids is 1. The third-order valence-electron chi connectivity index (χ3n) is 3.84. The highest BCUT2D eigenvalue weighted by Crippen LogP contribution is 2.20. The molecule has 0 aromatic heterocycles. The van der Waals surface area contributed by atoms with Crippen molar-refractivity contribution in [1.82, 2.24) is 10.2 Å². The number of likely N-dealkylation sites (tertiary alicyclic amines) is 1. The summed E-state index contributed by atoms with van der Waals surface area (Å²) in [5.41, 5.74) is 1.16. The van der Waals surface area contributed by atoms with E-state index in [1.807, 2.05) is 25.1 Å². The van der Waals surface area contributed by atoms with Gasteiger partial charge in [-0.15, -0.1) is 0 Å². The quantitative estimate of drug-likeness (QED) is 0.894. The molecule has 2 rings (SSSR count). The minimum absolute atomic E-state index is 0.0808. The minimum Gasteiger partial charge on any atom is -0.349 e. The van der Waals surface area contributed by atoms with Gasteiger partial charge in [-0.05, 0) is 31.4 Å². The van der Waals surface area contributed by atoms with Crippen molar-refractivity contribution in [2.24, 2.45) is 5.92 Å². The van der Waals surface area contributed by atoms with Gasteiger partial charge in [0.1, 0.15) is 0 Å². The second kappa shape index (κ2) is 6.89. The van der Waals surface area contributed by atoms with Crippen LogP contribution >= 0.6 is 0 Å². The lowest BCUT2D eigenvalue weighted by atomic mass is 10.1. The number of rotatable bonds is 5. The zero-order chi connectivity index (χ0) is 14.5. The monoisotopic (exact) mass is 273 g/mol. The molecule has 3 nitrogen and oxygen atoms in total. The second-order valence-corrected chi connectivity index (χ2v) is 6.07. The number of nitrogens with one attached hydrogen (secondary N) is 1. The predicted octanol–water partition coefficient (Wildman–Crippen LogP) is 2.80. The zero-order valence-electron chi connectivity index (χ0n) is 12.7. The predicted molar refractivity (Wildman–Crippen MR) is 82.1 cm³/mol. The van der Waals surface area contributed by atoms with Gasteiger partial charge in [0.2, 0.25) is 5.91 Å². The molecule has 0 bridgehead atoms. The molecule has 1 radical (unpaired) electrons. The molecular weight excluding hydrogens is 248 g/mol. The molecule has 0 aliphatic carbocycles. The first kappa shape index (κ1) is 15.0. The number of amides is 1. The van der Waals surface area contributed by atoms with E-state index in [9.17, 15) is 4.79 Å². The fourth-order valence-corrected chi connectivity index (χ4v) is 2.79. The summed E-state index contributed by atoms with van der Waals surface area (Å²) >= 11 is 0. The summed E-state index contributed by atoms with van der Waals surface area (Å²) in [6.45, 7) is 9.26. The lowest BCUT2D eigenvalue weighted by Crippen LogP contribution is -2.34. The molecule has 0 spiro atoms. The molecule has 1 N–H and O–H groups in total. The van der Waals surface area contributed by atoms with E-state index in [2.05, 4.69) is 36.2 Å². The lowest BCUT2D eigenvalue weighted by molar-refractivity contribution is -0.125. The molecule has 3 heteroatoms. The molecule has 1 amide bonds. The van der Waals surface area contributed by atoms with Crippen LogP contribution in [0.3, 0.4) is 0 Å². The Kier molecular flexibility index (Phi) is 5.18. The summed E-state index contributed by atoms with van der Waals surface area (Å²) in [6, 6.07) is 10.2. The topological polar surface area (TPSA) is 32.3 Å². The van der Waals surface area contributed by atoms with Crippen molar-refractivity contribution in [1.29, 1.82) is 0 Å². The van der Waals surface area contributed by atoms with Gasteiger partial charge in [0.15, 0.2) is 0 Å². The average molecular weight is 273 g/mol. The Morgan fingerprint density at radius 3 is 2.70 bits per heavy atom. The van der Waals surface area contributed by atoms with Crippen molar-refractivity contribution in [2.75, 3.05) is 19.6 Å². The van der Waals surface area contributed by atoms with Crippen LogP contribution in [0.1, 0.15) is 38.8 Å². The maximum Gasteiger partial charge on any atom is 0.224 e. The Hall–Kier alpha value is -1.35. The van der Waals surface area contributed by atoms with E-state index in [1.165, 1.54) is 5.92 Å². The van der Waals surface area contributed by atoms with Crippen molar-refractivity contribution >= 4 is 5.91 Å². The molecule has 1 fully saturated rings. The van der Waals surface area contributed by atoms with E-state index < -0.39 is 0 Å². The molecule has 1 heterocycles. The molecule has 1 saturated heterocycles. The highest BCUT2D eigenvalue weighted by Gasteiger charge is 2.29. The number of hydrogen-bond donors (Lipinski definition) is 1. The third kappa shape index (κ3) is 4.07. The molecule has 1 aromatic carbocycles. The number of nitrogens with zero attached hydrogens (tertiary/aromatic N) is 1. The van der Waals surface area contributed by atoms with Gasteiger partial charge in [-0.25, -0.2) is 0 Å². The molecule has 1 aliphatic heterocycles. The molecule has 2 atom stereocenters. The van der Waals surface area contributed by atoms with Crippen LogP contribution in [0.15, 0.2) is 30.3 Å². The molecule has 1 aromatic rings. The fourth-order valence-electron chi connectivity index (χ4n) is 2.79. The van der Waals surface area contributed by atoms with E-state index in [0.29, 0.717) is 0 Å². The number of hydrogen-bond acceptors (Lipinski definition) is 2. The van der Waals surface area contributed by atoms with Gasteiger partial charge in [0.25, 0.3) is 0 Å². The Morgan fingerprint density at radius 1 is 1.35 bits per heavy atom. The normalized spacial score (nSPS) is 21.1. The van der Waals surface area contributed by atoms with E-state index in [1.54, 1.807) is 0 Å². The van der Waals surface area contributed by atoms with Crippen molar-refractivity contribution < 1.29 is 4.79 Å². The molecule has 0 saturated carbocycles. The van der Waals surface area contributed by atoms with Crippen LogP contribution in [0.25, 0.3) is 0 Å². The van der Waals surface area contributed by atoms with Gasteiger partial charge in [0.05, 0.1) is 12.0 Å². The van der Waals surface area contributed by atoms with Gasteiger partial charge in [-0.1, -0.05) is 44.2 Å². The van der Waals surface area contributed by atoms with Crippen LogP contribution in [-0.2, 0) is 4.79 Å². The van der Waals surface area contributed by atoms with Gasteiger partial charge >= 0.3 is 0 Å². The standard InChI is InChI=1S/C17H25N2O/c1-13(2)11-19-10-9-16(12-19)17(20)18-14(3)15-7-5-4-6-8-15/h4-8,14,16H,9-12H2,1-3H3,(H,18,20)/t14-,16-/m1/s1. The molecule has 109 valence electrons. The maximum absolute atomic E-state index is 12.3. The average Bonchev–Trinajstić information content (AvgIpc) is 2.87. The Labute approximate surface area is 122 Å². The minimum atomic E-state index is 0.0808. The molecule has 20 heavy (non-hydrogen) atoms. The van der Waals surface area contributed by atoms with Gasteiger partial charge in [-0.3, -0.25) is 4.79 Å². The Morgan fingerprint density at radius 2 is 2.05 bits per heavy atom. The van der Waals surface area contributed by atoms with Crippen LogP contribution < -0.4 is 5.32 Å². The highest BCUT2D eigenvalue weighted by atomic mass is 16.2. The number of carbonyl (C=O) groups is 1. The Bertz CT molecular complexity index is 430. The smallest absolute Gasteiger partial charge is 0.224 e. The summed E-state index contributed by atoms with van der Waals surface area (Å²) in [5, 5.41) is 3.14. The van der Waals surface area contributed by atoms with Crippen LogP contribution in [0.5, 0.6) is 0 Å². The summed E-state index contributed by atoms with van der Waals surface area (Å²) < 4.78 is 0. The van der Waals surface area contributed by atoms with Crippen LogP contribution in [0.2, 0.25) is 0 Å². The fraction of sp³-hybridized carbons (Fsp3) is 0.529. The Balaban J connectivity index is 1.84. The van der Waals surface area contributed by atoms with Crippen molar-refractivity contribution in [3.05, 3.63) is 41.8 Å². The molecule has 1 aliphatic rings. The van der Waals surface area contributed by atoms with Gasteiger partial charge in [0, 0.05) is 13.1 Å². The van der Waals surface area contributed by atoms with Crippen molar-refractivity contribution in [3.63, 3.8) is 0 Å². The zero-order valence-corrected chi connectivity index (χ0v) is 12.7. The second-order valence-electron chi connectivity index (χ2n) is 6.07. The first-order chi connectivity index (χ1) is 9.56. The summed E-state index contributed by atoms with van der Waals surface area (Å²) in [5.74, 6) is 1.74. The van der Waals surface area contributed by atoms with Gasteiger partial charge in [-0.2, -0.15) is 0 Å². The van der Waals surface area contributed by atoms with Gasteiger partial charge < -0.3 is 10.2 Å². The SMILES string of the molecule is C[C](C)CN1CC[C@@H](C(=O)N[C@H](C)c2ccccc2)C1. The summed E-state index contributed by atoms with van der Waals surface area (Å²) in [4.78, 5) is 14.7. The van der Waals surface area contributed by atoms with Crippen LogP contribution in [-0.4, -0.2) is 30.4 Å². The van der Waals surface area contributed by atoms with Crippen LogP contribution in [0.4, 0.5) is 0 Å².